The third-order valence-corrected chi connectivity index (χ3v) is 5.56. The summed E-state index contributed by atoms with van der Waals surface area (Å²) in [5.74, 6) is -3.35. The number of amides is 3. The SMILES string of the molecule is CCC(C)C(NC(=O)C(Cc1ccc(O)cc1)NC(=O)C(C)NC(=O)C(N)C(C)C)C(=O)O. The molecule has 0 aliphatic carbocycles. The second kappa shape index (κ2) is 12.8. The van der Waals surface area contributed by atoms with Crippen LogP contribution in [0.2, 0.25) is 0 Å². The molecule has 1 aromatic carbocycles. The number of aliphatic carboxylic acids is 1. The quantitative estimate of drug-likeness (QED) is 0.262. The highest BCUT2D eigenvalue weighted by Crippen LogP contribution is 2.13. The largest absolute Gasteiger partial charge is 0.508 e. The van der Waals surface area contributed by atoms with Crippen LogP contribution in [0.4, 0.5) is 0 Å². The van der Waals surface area contributed by atoms with Crippen molar-refractivity contribution in [2.24, 2.45) is 17.6 Å². The van der Waals surface area contributed by atoms with Gasteiger partial charge in [0, 0.05) is 6.42 Å². The van der Waals surface area contributed by atoms with Gasteiger partial charge in [-0.3, -0.25) is 14.4 Å². The molecule has 0 heterocycles. The average molecular weight is 465 g/mol. The molecule has 0 aromatic heterocycles. The predicted molar refractivity (Wildman–Crippen MR) is 123 cm³/mol. The predicted octanol–water partition coefficient (Wildman–Crippen LogP) is 0.523. The highest BCUT2D eigenvalue weighted by Gasteiger charge is 2.31. The Bertz CT molecular complexity index is 827. The topological polar surface area (TPSA) is 171 Å². The van der Waals surface area contributed by atoms with Crippen LogP contribution in [-0.2, 0) is 25.6 Å². The lowest BCUT2D eigenvalue weighted by Gasteiger charge is -2.26. The van der Waals surface area contributed by atoms with Crippen molar-refractivity contribution in [3.63, 3.8) is 0 Å². The van der Waals surface area contributed by atoms with E-state index in [1.54, 1.807) is 32.9 Å². The number of carbonyl (C=O) groups is 4. The maximum Gasteiger partial charge on any atom is 0.326 e. The summed E-state index contributed by atoms with van der Waals surface area (Å²) in [6, 6.07) is 2.10. The summed E-state index contributed by atoms with van der Waals surface area (Å²) in [5, 5.41) is 26.6. The summed E-state index contributed by atoms with van der Waals surface area (Å²) in [4.78, 5) is 49.5. The Hall–Kier alpha value is -3.14. The van der Waals surface area contributed by atoms with Crippen LogP contribution in [0.1, 0.15) is 46.6 Å². The van der Waals surface area contributed by atoms with E-state index in [0.29, 0.717) is 12.0 Å². The molecule has 7 N–H and O–H groups in total. The van der Waals surface area contributed by atoms with Crippen LogP contribution in [0.25, 0.3) is 0 Å². The number of aromatic hydroxyl groups is 1. The highest BCUT2D eigenvalue weighted by molar-refractivity contribution is 5.94. The number of phenolic OH excluding ortho intramolecular Hbond substituents is 1. The Morgan fingerprint density at radius 2 is 1.48 bits per heavy atom. The smallest absolute Gasteiger partial charge is 0.326 e. The Morgan fingerprint density at radius 1 is 0.909 bits per heavy atom. The first-order chi connectivity index (χ1) is 15.4. The van der Waals surface area contributed by atoms with Crippen molar-refractivity contribution in [3.8, 4) is 5.75 Å². The average Bonchev–Trinajstić information content (AvgIpc) is 2.76. The third kappa shape index (κ3) is 8.72. The molecule has 0 saturated carbocycles. The van der Waals surface area contributed by atoms with Gasteiger partial charge in [-0.1, -0.05) is 46.2 Å². The van der Waals surface area contributed by atoms with Crippen molar-refractivity contribution < 1.29 is 29.4 Å². The number of hydrogen-bond acceptors (Lipinski definition) is 6. The fourth-order valence-corrected chi connectivity index (χ4v) is 2.99. The summed E-state index contributed by atoms with van der Waals surface area (Å²) < 4.78 is 0. The number of nitrogens with two attached hydrogens (primary N) is 1. The normalized spacial score (nSPS) is 15.6. The standard InChI is InChI=1S/C23H36N4O6/c1-6-13(4)19(23(32)33)27-21(30)17(11-15-7-9-16(28)10-8-15)26-20(29)14(5)25-22(31)18(24)12(2)3/h7-10,12-14,17-19,28H,6,11,24H2,1-5H3,(H,25,31)(H,26,29)(H,27,30)(H,32,33). The molecule has 0 saturated heterocycles. The van der Waals surface area contributed by atoms with E-state index in [9.17, 15) is 29.4 Å². The molecule has 10 nitrogen and oxygen atoms in total. The minimum atomic E-state index is -1.17. The molecule has 0 radical (unpaired) electrons. The monoisotopic (exact) mass is 464 g/mol. The van der Waals surface area contributed by atoms with Gasteiger partial charge in [0.25, 0.3) is 0 Å². The number of carbonyl (C=O) groups excluding carboxylic acids is 3. The second-order valence-corrected chi connectivity index (χ2v) is 8.64. The highest BCUT2D eigenvalue weighted by atomic mass is 16.4. The first kappa shape index (κ1) is 27.9. The number of phenols is 1. The van der Waals surface area contributed by atoms with E-state index < -0.39 is 47.9 Å². The van der Waals surface area contributed by atoms with Gasteiger partial charge in [0.05, 0.1) is 6.04 Å². The maximum atomic E-state index is 13.0. The summed E-state index contributed by atoms with van der Waals surface area (Å²) >= 11 is 0. The van der Waals surface area contributed by atoms with Crippen LogP contribution in [-0.4, -0.2) is 58.1 Å². The second-order valence-electron chi connectivity index (χ2n) is 8.64. The van der Waals surface area contributed by atoms with Gasteiger partial charge >= 0.3 is 5.97 Å². The van der Waals surface area contributed by atoms with Gasteiger partial charge < -0.3 is 31.9 Å². The molecule has 0 aliphatic heterocycles. The Labute approximate surface area is 194 Å². The van der Waals surface area contributed by atoms with E-state index in [1.165, 1.54) is 19.1 Å². The third-order valence-electron chi connectivity index (χ3n) is 5.56. The molecule has 10 heteroatoms. The molecular weight excluding hydrogens is 428 g/mol. The van der Waals surface area contributed by atoms with Gasteiger partial charge in [0.15, 0.2) is 0 Å². The summed E-state index contributed by atoms with van der Waals surface area (Å²) in [5.41, 5.74) is 6.45. The summed E-state index contributed by atoms with van der Waals surface area (Å²) in [6.45, 7) is 8.55. The molecule has 5 unspecified atom stereocenters. The number of hydrogen-bond donors (Lipinski definition) is 6. The molecule has 0 spiro atoms. The van der Waals surface area contributed by atoms with Gasteiger partial charge in [-0.15, -0.1) is 0 Å². The number of carboxylic acids is 1. The van der Waals surface area contributed by atoms with E-state index in [4.69, 9.17) is 5.73 Å². The van der Waals surface area contributed by atoms with Crippen LogP contribution in [0, 0.1) is 11.8 Å². The van der Waals surface area contributed by atoms with Crippen molar-refractivity contribution in [1.82, 2.24) is 16.0 Å². The van der Waals surface area contributed by atoms with Crippen LogP contribution in [0.15, 0.2) is 24.3 Å². The van der Waals surface area contributed by atoms with Crippen molar-refractivity contribution in [1.29, 1.82) is 0 Å². The summed E-state index contributed by atoms with van der Waals surface area (Å²) in [7, 11) is 0. The molecular formula is C23H36N4O6. The first-order valence-corrected chi connectivity index (χ1v) is 11.0. The zero-order valence-electron chi connectivity index (χ0n) is 19.8. The molecule has 33 heavy (non-hydrogen) atoms. The molecule has 3 amide bonds. The summed E-state index contributed by atoms with van der Waals surface area (Å²) in [6.07, 6.45) is 0.586. The van der Waals surface area contributed by atoms with Crippen LogP contribution in [0.5, 0.6) is 5.75 Å². The van der Waals surface area contributed by atoms with Gasteiger partial charge in [-0.25, -0.2) is 4.79 Å². The molecule has 0 bridgehead atoms. The minimum absolute atomic E-state index is 0.0457. The lowest BCUT2D eigenvalue weighted by atomic mass is 9.98. The fraction of sp³-hybridized carbons (Fsp3) is 0.565. The zero-order chi connectivity index (χ0) is 25.3. The zero-order valence-corrected chi connectivity index (χ0v) is 19.8. The number of rotatable bonds is 12. The van der Waals surface area contributed by atoms with Crippen LogP contribution >= 0.6 is 0 Å². The van der Waals surface area contributed by atoms with Crippen LogP contribution < -0.4 is 21.7 Å². The molecule has 5 atom stereocenters. The van der Waals surface area contributed by atoms with Crippen molar-refractivity contribution >= 4 is 23.7 Å². The van der Waals surface area contributed by atoms with Gasteiger partial charge in [0.2, 0.25) is 17.7 Å². The number of benzene rings is 1. The molecule has 0 aliphatic rings. The minimum Gasteiger partial charge on any atom is -0.508 e. The molecule has 0 fully saturated rings. The lowest BCUT2D eigenvalue weighted by Crippen LogP contribution is -2.58. The van der Waals surface area contributed by atoms with E-state index in [2.05, 4.69) is 16.0 Å². The van der Waals surface area contributed by atoms with E-state index in [1.807, 2.05) is 6.92 Å². The lowest BCUT2D eigenvalue weighted by molar-refractivity contribution is -0.143. The van der Waals surface area contributed by atoms with E-state index in [-0.39, 0.29) is 24.0 Å². The maximum absolute atomic E-state index is 13.0. The molecule has 1 rings (SSSR count). The Morgan fingerprint density at radius 3 is 1.97 bits per heavy atom. The van der Waals surface area contributed by atoms with E-state index in [0.717, 1.165) is 0 Å². The van der Waals surface area contributed by atoms with Crippen molar-refractivity contribution in [2.45, 2.75) is 71.6 Å². The van der Waals surface area contributed by atoms with E-state index >= 15 is 0 Å². The Balaban J connectivity index is 3.02. The first-order valence-electron chi connectivity index (χ1n) is 11.0. The van der Waals surface area contributed by atoms with Gasteiger partial charge in [0.1, 0.15) is 23.9 Å². The Kier molecular flexibility index (Phi) is 10.8. The van der Waals surface area contributed by atoms with Crippen molar-refractivity contribution in [2.75, 3.05) is 0 Å². The number of nitrogens with one attached hydrogen (secondary N) is 3. The molecule has 1 aromatic rings. The van der Waals surface area contributed by atoms with Gasteiger partial charge in [-0.2, -0.15) is 0 Å². The number of carboxylic acid groups (broad SMARTS) is 1. The van der Waals surface area contributed by atoms with Crippen molar-refractivity contribution in [3.05, 3.63) is 29.8 Å². The van der Waals surface area contributed by atoms with Crippen LogP contribution in [0.3, 0.4) is 0 Å². The molecule has 184 valence electrons. The fourth-order valence-electron chi connectivity index (χ4n) is 2.99. The van der Waals surface area contributed by atoms with Gasteiger partial charge in [-0.05, 0) is 36.5 Å².